The van der Waals surface area contributed by atoms with E-state index in [0.29, 0.717) is 0 Å². The normalized spacial score (nSPS) is 11.7. The number of anilines is 3. The first-order chi connectivity index (χ1) is 24.3. The lowest BCUT2D eigenvalue weighted by atomic mass is 10.0. The van der Waals surface area contributed by atoms with Crippen LogP contribution < -0.4 is 4.90 Å². The smallest absolute Gasteiger partial charge is 0.144 e. The first kappa shape index (κ1) is 27.5. The zero-order valence-electron chi connectivity index (χ0n) is 26.4. The summed E-state index contributed by atoms with van der Waals surface area (Å²) in [5, 5.41) is 5.45. The Kier molecular flexibility index (Phi) is 6.15. The van der Waals surface area contributed by atoms with Gasteiger partial charge in [-0.05, 0) is 83.4 Å². The van der Waals surface area contributed by atoms with Gasteiger partial charge in [0, 0.05) is 61.8 Å². The summed E-state index contributed by atoms with van der Waals surface area (Å²) in [5.41, 5.74) is 12.1. The Labute approximate surface area is 282 Å². The van der Waals surface area contributed by atoms with Crippen LogP contribution in [-0.4, -0.2) is 4.98 Å². The summed E-state index contributed by atoms with van der Waals surface area (Å²) in [6.07, 6.45) is 1.82. The fraction of sp³-hybridized carbons (Fsp3) is 0. The largest absolute Gasteiger partial charge is 0.456 e. The second-order valence-electron chi connectivity index (χ2n) is 12.4. The fourth-order valence-electron chi connectivity index (χ4n) is 7.16. The third-order valence-corrected chi connectivity index (χ3v) is 9.53. The molecule has 10 aromatic rings. The van der Waals surface area contributed by atoms with Gasteiger partial charge in [-0.3, -0.25) is 4.98 Å². The molecule has 10 rings (SSSR count). The molecule has 0 spiro atoms. The summed E-state index contributed by atoms with van der Waals surface area (Å²) in [6.45, 7) is 0. The quantitative estimate of drug-likeness (QED) is 0.190. The summed E-state index contributed by atoms with van der Waals surface area (Å²) < 4.78 is 12.9. The Balaban J connectivity index is 1.09. The number of rotatable bonds is 5. The molecule has 0 aliphatic carbocycles. The zero-order valence-corrected chi connectivity index (χ0v) is 26.4. The van der Waals surface area contributed by atoms with Crippen LogP contribution in [0.1, 0.15) is 0 Å². The second kappa shape index (κ2) is 11.0. The van der Waals surface area contributed by atoms with Gasteiger partial charge >= 0.3 is 0 Å². The number of aromatic nitrogens is 1. The predicted molar refractivity (Wildman–Crippen MR) is 202 cm³/mol. The van der Waals surface area contributed by atoms with Crippen molar-refractivity contribution < 1.29 is 8.83 Å². The maximum atomic E-state index is 6.62. The molecule has 0 N–H and O–H groups in total. The van der Waals surface area contributed by atoms with Crippen LogP contribution >= 0.6 is 0 Å². The van der Waals surface area contributed by atoms with E-state index in [9.17, 15) is 0 Å². The van der Waals surface area contributed by atoms with Gasteiger partial charge < -0.3 is 13.7 Å². The van der Waals surface area contributed by atoms with Gasteiger partial charge in [0.2, 0.25) is 0 Å². The van der Waals surface area contributed by atoms with Crippen molar-refractivity contribution in [3.63, 3.8) is 0 Å². The van der Waals surface area contributed by atoms with Gasteiger partial charge in [0.25, 0.3) is 0 Å². The molecule has 0 unspecified atom stereocenters. The lowest BCUT2D eigenvalue weighted by Crippen LogP contribution is -2.09. The predicted octanol–water partition coefficient (Wildman–Crippen LogP) is 12.8. The van der Waals surface area contributed by atoms with E-state index in [1.54, 1.807) is 0 Å². The minimum absolute atomic E-state index is 0.862. The molecule has 3 aromatic heterocycles. The van der Waals surface area contributed by atoms with Crippen LogP contribution in [0.5, 0.6) is 0 Å². The van der Waals surface area contributed by atoms with Gasteiger partial charge in [0.05, 0.1) is 5.52 Å². The third-order valence-electron chi connectivity index (χ3n) is 9.53. The van der Waals surface area contributed by atoms with E-state index in [1.807, 2.05) is 30.5 Å². The van der Waals surface area contributed by atoms with Gasteiger partial charge in [0.1, 0.15) is 22.3 Å². The van der Waals surface area contributed by atoms with E-state index in [0.717, 1.165) is 83.0 Å². The monoisotopic (exact) mass is 628 g/mol. The van der Waals surface area contributed by atoms with Crippen molar-refractivity contribution in [2.75, 3.05) is 4.90 Å². The molecule has 0 bridgehead atoms. The molecule has 0 aliphatic heterocycles. The van der Waals surface area contributed by atoms with Crippen LogP contribution in [0.2, 0.25) is 0 Å². The maximum absolute atomic E-state index is 6.62. The van der Waals surface area contributed by atoms with Crippen molar-refractivity contribution in [1.82, 2.24) is 4.98 Å². The van der Waals surface area contributed by atoms with Crippen LogP contribution in [0.15, 0.2) is 179 Å². The van der Waals surface area contributed by atoms with E-state index < -0.39 is 0 Å². The van der Waals surface area contributed by atoms with Crippen molar-refractivity contribution >= 4 is 71.8 Å². The summed E-state index contributed by atoms with van der Waals surface area (Å²) in [5.74, 6) is 0. The molecule has 4 nitrogen and oxygen atoms in total. The van der Waals surface area contributed by atoms with E-state index >= 15 is 0 Å². The molecule has 0 saturated carbocycles. The molecular weight excluding hydrogens is 601 g/mol. The zero-order chi connectivity index (χ0) is 32.3. The molecule has 0 fully saturated rings. The highest BCUT2D eigenvalue weighted by Gasteiger charge is 2.18. The highest BCUT2D eigenvalue weighted by atomic mass is 16.3. The number of benzene rings is 7. The maximum Gasteiger partial charge on any atom is 0.144 e. The number of fused-ring (bicyclic) bond motifs is 8. The number of furan rings is 2. The number of para-hydroxylation sites is 2. The van der Waals surface area contributed by atoms with Crippen molar-refractivity contribution in [2.24, 2.45) is 0 Å². The summed E-state index contributed by atoms with van der Waals surface area (Å²) in [4.78, 5) is 6.82. The van der Waals surface area contributed by atoms with Gasteiger partial charge in [-0.1, -0.05) is 91.0 Å². The van der Waals surface area contributed by atoms with Gasteiger partial charge in [-0.15, -0.1) is 0 Å². The number of hydrogen-bond donors (Lipinski definition) is 0. The van der Waals surface area contributed by atoms with E-state index in [1.165, 1.54) is 11.1 Å². The van der Waals surface area contributed by atoms with Crippen LogP contribution in [-0.2, 0) is 0 Å². The molecule has 49 heavy (non-hydrogen) atoms. The molecule has 0 radical (unpaired) electrons. The Bertz CT molecular complexity index is 2810. The van der Waals surface area contributed by atoms with Gasteiger partial charge in [0.15, 0.2) is 0 Å². The van der Waals surface area contributed by atoms with Crippen LogP contribution in [0, 0.1) is 0 Å². The Morgan fingerprint density at radius 3 is 1.86 bits per heavy atom. The minimum atomic E-state index is 0.862. The molecule has 3 heterocycles. The number of pyridine rings is 1. The highest BCUT2D eigenvalue weighted by molar-refractivity contribution is 6.16. The van der Waals surface area contributed by atoms with Gasteiger partial charge in [-0.25, -0.2) is 0 Å². The molecular formula is C45H28N2O2. The Hall–Kier alpha value is -6.65. The molecule has 7 aromatic carbocycles. The van der Waals surface area contributed by atoms with E-state index in [4.69, 9.17) is 8.83 Å². The summed E-state index contributed by atoms with van der Waals surface area (Å²) in [7, 11) is 0. The topological polar surface area (TPSA) is 42.4 Å². The molecule has 0 saturated heterocycles. The standard InChI is InChI=1S/C45H28N2O2/c1-2-8-29(9-3-1)30-15-19-32(20-16-30)47(34-23-24-37-36-10-4-5-14-42(36)48-43(37)28-34)33-21-17-31(18-22-33)35-11-6-12-38-39-25-26-41-40(13-7-27-46-41)45(39)49-44(35)38/h1-28H. The van der Waals surface area contributed by atoms with Crippen LogP contribution in [0.4, 0.5) is 17.1 Å². The van der Waals surface area contributed by atoms with E-state index in [2.05, 4.69) is 149 Å². The third kappa shape index (κ3) is 4.49. The SMILES string of the molecule is c1ccc(-c2ccc(N(c3ccc(-c4cccc5c4oc4c6cccnc6ccc54)cc3)c3ccc4c(c3)oc3ccccc34)cc2)cc1. The average molecular weight is 629 g/mol. The first-order valence-corrected chi connectivity index (χ1v) is 16.4. The number of hydrogen-bond acceptors (Lipinski definition) is 4. The molecule has 4 heteroatoms. The summed E-state index contributed by atoms with van der Waals surface area (Å²) in [6, 6.07) is 57.2. The minimum Gasteiger partial charge on any atom is -0.456 e. The molecule has 0 atom stereocenters. The van der Waals surface area contributed by atoms with Crippen LogP contribution in [0.3, 0.4) is 0 Å². The average Bonchev–Trinajstić information content (AvgIpc) is 3.74. The Morgan fingerprint density at radius 2 is 1.02 bits per heavy atom. The Morgan fingerprint density at radius 1 is 0.388 bits per heavy atom. The van der Waals surface area contributed by atoms with Crippen molar-refractivity contribution in [2.45, 2.75) is 0 Å². The van der Waals surface area contributed by atoms with Crippen molar-refractivity contribution in [1.29, 1.82) is 0 Å². The van der Waals surface area contributed by atoms with E-state index in [-0.39, 0.29) is 0 Å². The lowest BCUT2D eigenvalue weighted by molar-refractivity contribution is 0.669. The molecule has 0 amide bonds. The molecule has 0 aliphatic rings. The second-order valence-corrected chi connectivity index (χ2v) is 12.4. The number of nitrogens with zero attached hydrogens (tertiary/aromatic N) is 2. The fourth-order valence-corrected chi connectivity index (χ4v) is 7.16. The summed E-state index contributed by atoms with van der Waals surface area (Å²) >= 11 is 0. The first-order valence-electron chi connectivity index (χ1n) is 16.4. The van der Waals surface area contributed by atoms with Crippen LogP contribution in [0.25, 0.3) is 77.0 Å². The lowest BCUT2D eigenvalue weighted by Gasteiger charge is -2.26. The highest BCUT2D eigenvalue weighted by Crippen LogP contribution is 2.42. The van der Waals surface area contributed by atoms with Crippen molar-refractivity contribution in [3.05, 3.63) is 170 Å². The van der Waals surface area contributed by atoms with Crippen molar-refractivity contribution in [3.8, 4) is 22.3 Å². The van der Waals surface area contributed by atoms with Gasteiger partial charge in [-0.2, -0.15) is 0 Å². The molecule has 230 valence electrons.